The Balaban J connectivity index is 1.99. The average molecular weight is 314 g/mol. The van der Waals surface area contributed by atoms with Gasteiger partial charge in [-0.3, -0.25) is 0 Å². The molecule has 0 aliphatic heterocycles. The Morgan fingerprint density at radius 3 is 2.40 bits per heavy atom. The van der Waals surface area contributed by atoms with Gasteiger partial charge in [0.2, 0.25) is 0 Å². The third kappa shape index (κ3) is 3.70. The second kappa shape index (κ2) is 7.04. The van der Waals surface area contributed by atoms with E-state index in [1.807, 2.05) is 0 Å². The summed E-state index contributed by atoms with van der Waals surface area (Å²) in [6.45, 7) is 0.745. The van der Waals surface area contributed by atoms with E-state index >= 15 is 0 Å². The summed E-state index contributed by atoms with van der Waals surface area (Å²) in [5.74, 6) is -0.398. The molecule has 0 saturated heterocycles. The molecule has 0 fully saturated rings. The first kappa shape index (κ1) is 15.3. The predicted octanol–water partition coefficient (Wildman–Crippen LogP) is 3.91. The molecule has 0 bridgehead atoms. The van der Waals surface area contributed by atoms with E-state index in [4.69, 9.17) is 28.3 Å². The summed E-state index contributed by atoms with van der Waals surface area (Å²) in [4.78, 5) is 0. The molecular weight excluding hydrogens is 300 g/mol. The highest BCUT2D eigenvalue weighted by Gasteiger charge is 2.06. The van der Waals surface area contributed by atoms with Crippen LogP contribution in [0.1, 0.15) is 16.7 Å². The van der Waals surface area contributed by atoms with Crippen LogP contribution in [-0.2, 0) is 19.7 Å². The van der Waals surface area contributed by atoms with E-state index in [0.29, 0.717) is 28.7 Å². The molecule has 0 saturated carbocycles. The van der Waals surface area contributed by atoms with Crippen molar-refractivity contribution >= 4 is 23.2 Å². The molecule has 20 heavy (non-hydrogen) atoms. The third-order valence-corrected chi connectivity index (χ3v) is 3.68. The Morgan fingerprint density at radius 2 is 1.75 bits per heavy atom. The van der Waals surface area contributed by atoms with E-state index in [1.165, 1.54) is 6.07 Å². The number of aliphatic hydroxyl groups is 1. The van der Waals surface area contributed by atoms with Crippen molar-refractivity contribution in [2.75, 3.05) is 0 Å². The van der Waals surface area contributed by atoms with Crippen LogP contribution < -0.4 is 5.32 Å². The molecule has 0 spiro atoms. The van der Waals surface area contributed by atoms with E-state index < -0.39 is 5.82 Å². The van der Waals surface area contributed by atoms with E-state index in [0.717, 1.165) is 11.1 Å². The standard InChI is InChI=1S/C15H14Cl2FNO/c16-13-2-1-3-14(17)12(13)8-19-7-10-4-5-15(18)11(6-10)9-20/h1-6,19-20H,7-9H2. The molecule has 2 nitrogen and oxygen atoms in total. The molecule has 106 valence electrons. The van der Waals surface area contributed by atoms with Gasteiger partial charge >= 0.3 is 0 Å². The fraction of sp³-hybridized carbons (Fsp3) is 0.200. The lowest BCUT2D eigenvalue weighted by atomic mass is 10.1. The largest absolute Gasteiger partial charge is 0.392 e. The van der Waals surface area contributed by atoms with Crippen molar-refractivity contribution in [3.05, 3.63) is 69.0 Å². The number of hydrogen-bond donors (Lipinski definition) is 2. The van der Waals surface area contributed by atoms with Crippen LogP contribution in [0.25, 0.3) is 0 Å². The van der Waals surface area contributed by atoms with Gasteiger partial charge in [-0.2, -0.15) is 0 Å². The molecule has 5 heteroatoms. The highest BCUT2D eigenvalue weighted by molar-refractivity contribution is 6.35. The first-order valence-corrected chi connectivity index (χ1v) is 6.89. The molecular formula is C15H14Cl2FNO. The van der Waals surface area contributed by atoms with Gasteiger partial charge in [0.1, 0.15) is 5.82 Å². The molecule has 0 aliphatic rings. The van der Waals surface area contributed by atoms with Crippen LogP contribution in [0.15, 0.2) is 36.4 Å². The summed E-state index contributed by atoms with van der Waals surface area (Å²) < 4.78 is 13.2. The minimum atomic E-state index is -0.398. The Bertz CT molecular complexity index is 584. The fourth-order valence-corrected chi connectivity index (χ4v) is 2.42. The van der Waals surface area contributed by atoms with Gasteiger partial charge in [0, 0.05) is 34.3 Å². The van der Waals surface area contributed by atoms with E-state index in [1.54, 1.807) is 30.3 Å². The van der Waals surface area contributed by atoms with Gasteiger partial charge in [-0.05, 0) is 29.8 Å². The van der Waals surface area contributed by atoms with Crippen molar-refractivity contribution in [3.63, 3.8) is 0 Å². The number of nitrogens with one attached hydrogen (secondary N) is 1. The number of aliphatic hydroxyl groups excluding tert-OH is 1. The van der Waals surface area contributed by atoms with Crippen LogP contribution in [0, 0.1) is 5.82 Å². The molecule has 0 heterocycles. The monoisotopic (exact) mass is 313 g/mol. The molecule has 2 aromatic carbocycles. The Kier molecular flexibility index (Phi) is 5.38. The van der Waals surface area contributed by atoms with Gasteiger partial charge in [-0.1, -0.05) is 35.3 Å². The van der Waals surface area contributed by atoms with Crippen molar-refractivity contribution in [1.29, 1.82) is 0 Å². The predicted molar refractivity (Wildman–Crippen MR) is 79.3 cm³/mol. The Morgan fingerprint density at radius 1 is 1.05 bits per heavy atom. The summed E-state index contributed by atoms with van der Waals surface area (Å²) in [5.41, 5.74) is 2.01. The first-order chi connectivity index (χ1) is 9.61. The second-order valence-corrected chi connectivity index (χ2v) is 5.20. The lowest BCUT2D eigenvalue weighted by molar-refractivity contribution is 0.275. The molecule has 0 aliphatic carbocycles. The summed E-state index contributed by atoms with van der Waals surface area (Å²) in [7, 11) is 0. The molecule has 2 rings (SSSR count). The fourth-order valence-electron chi connectivity index (χ4n) is 1.89. The van der Waals surface area contributed by atoms with Crippen molar-refractivity contribution in [1.82, 2.24) is 5.32 Å². The van der Waals surface area contributed by atoms with Crippen LogP contribution in [0.3, 0.4) is 0 Å². The number of rotatable bonds is 5. The summed E-state index contributed by atoms with van der Waals surface area (Å²) in [5, 5.41) is 13.4. The Labute approximate surface area is 127 Å². The number of halogens is 3. The topological polar surface area (TPSA) is 32.3 Å². The van der Waals surface area contributed by atoms with E-state index in [-0.39, 0.29) is 6.61 Å². The zero-order valence-electron chi connectivity index (χ0n) is 10.7. The van der Waals surface area contributed by atoms with Gasteiger partial charge in [0.15, 0.2) is 0 Å². The highest BCUT2D eigenvalue weighted by Crippen LogP contribution is 2.24. The van der Waals surface area contributed by atoms with E-state index in [2.05, 4.69) is 5.32 Å². The molecule has 0 unspecified atom stereocenters. The van der Waals surface area contributed by atoms with Crippen molar-refractivity contribution in [3.8, 4) is 0 Å². The SMILES string of the molecule is OCc1cc(CNCc2c(Cl)cccc2Cl)ccc1F. The zero-order chi connectivity index (χ0) is 14.5. The minimum Gasteiger partial charge on any atom is -0.392 e. The van der Waals surface area contributed by atoms with Crippen LogP contribution in [0.5, 0.6) is 0 Å². The molecule has 0 atom stereocenters. The summed E-state index contributed by atoms with van der Waals surface area (Å²) >= 11 is 12.1. The van der Waals surface area contributed by atoms with Crippen molar-refractivity contribution in [2.45, 2.75) is 19.7 Å². The average Bonchev–Trinajstić information content (AvgIpc) is 2.44. The highest BCUT2D eigenvalue weighted by atomic mass is 35.5. The Hall–Kier alpha value is -1.13. The van der Waals surface area contributed by atoms with Crippen molar-refractivity contribution < 1.29 is 9.50 Å². The molecule has 2 N–H and O–H groups in total. The van der Waals surface area contributed by atoms with Crippen LogP contribution in [-0.4, -0.2) is 5.11 Å². The quantitative estimate of drug-likeness (QED) is 0.877. The number of benzene rings is 2. The third-order valence-electron chi connectivity index (χ3n) is 2.97. The normalized spacial score (nSPS) is 10.8. The minimum absolute atomic E-state index is 0.292. The van der Waals surface area contributed by atoms with Crippen molar-refractivity contribution in [2.24, 2.45) is 0 Å². The first-order valence-electron chi connectivity index (χ1n) is 6.13. The maximum atomic E-state index is 13.2. The smallest absolute Gasteiger partial charge is 0.128 e. The lowest BCUT2D eigenvalue weighted by Gasteiger charge is -2.09. The van der Waals surface area contributed by atoms with Gasteiger partial charge in [-0.15, -0.1) is 0 Å². The maximum Gasteiger partial charge on any atom is 0.128 e. The molecule has 0 aromatic heterocycles. The zero-order valence-corrected chi connectivity index (χ0v) is 12.2. The van der Waals surface area contributed by atoms with Crippen LogP contribution in [0.2, 0.25) is 10.0 Å². The maximum absolute atomic E-state index is 13.2. The summed E-state index contributed by atoms with van der Waals surface area (Å²) in [6, 6.07) is 10.0. The van der Waals surface area contributed by atoms with Crippen LogP contribution >= 0.6 is 23.2 Å². The number of hydrogen-bond acceptors (Lipinski definition) is 2. The van der Waals surface area contributed by atoms with Gasteiger partial charge in [0.05, 0.1) is 6.61 Å². The molecule has 0 amide bonds. The molecule has 0 radical (unpaired) electrons. The van der Waals surface area contributed by atoms with Gasteiger partial charge in [-0.25, -0.2) is 4.39 Å². The molecule has 2 aromatic rings. The summed E-state index contributed by atoms with van der Waals surface area (Å²) in [6.07, 6.45) is 0. The van der Waals surface area contributed by atoms with Crippen LogP contribution in [0.4, 0.5) is 4.39 Å². The van der Waals surface area contributed by atoms with Gasteiger partial charge in [0.25, 0.3) is 0 Å². The second-order valence-electron chi connectivity index (χ2n) is 4.39. The van der Waals surface area contributed by atoms with E-state index in [9.17, 15) is 4.39 Å². The lowest BCUT2D eigenvalue weighted by Crippen LogP contribution is -2.13. The van der Waals surface area contributed by atoms with Gasteiger partial charge < -0.3 is 10.4 Å².